The minimum Gasteiger partial charge on any atom is -0.494 e. The van der Waals surface area contributed by atoms with Crippen LogP contribution in [0, 0.1) is 0 Å². The Hall–Kier alpha value is -5.06. The summed E-state index contributed by atoms with van der Waals surface area (Å²) in [5, 5.41) is 31.1. The van der Waals surface area contributed by atoms with Crippen molar-refractivity contribution in [2.45, 2.75) is 75.3 Å². The van der Waals surface area contributed by atoms with Gasteiger partial charge in [-0.3, -0.25) is 4.79 Å². The number of hydrogen-bond donors (Lipinski definition) is 3. The van der Waals surface area contributed by atoms with E-state index in [0.29, 0.717) is 48.3 Å². The van der Waals surface area contributed by atoms with Crippen molar-refractivity contribution < 1.29 is 24.5 Å². The molecule has 250 valence electrons. The summed E-state index contributed by atoms with van der Waals surface area (Å²) in [4.78, 5) is 25.7. The molecule has 0 bridgehead atoms. The van der Waals surface area contributed by atoms with Gasteiger partial charge in [0.15, 0.2) is 11.6 Å². The summed E-state index contributed by atoms with van der Waals surface area (Å²) in [7, 11) is 0. The second-order valence-electron chi connectivity index (χ2n) is 12.2. The molecule has 0 radical (unpaired) electrons. The van der Waals surface area contributed by atoms with Gasteiger partial charge in [0.25, 0.3) is 5.91 Å². The van der Waals surface area contributed by atoms with Crippen molar-refractivity contribution in [3.05, 3.63) is 121 Å². The monoisotopic (exact) mass is 652 g/mol. The van der Waals surface area contributed by atoms with Crippen LogP contribution >= 0.6 is 0 Å². The maximum absolute atomic E-state index is 14.8. The van der Waals surface area contributed by atoms with Gasteiger partial charge < -0.3 is 25.0 Å². The van der Waals surface area contributed by atoms with Gasteiger partial charge in [-0.15, -0.1) is 0 Å². The molecule has 13 heteroatoms. The minimum absolute atomic E-state index is 0.0266. The smallest absolute Gasteiger partial charge is 0.252 e. The van der Waals surface area contributed by atoms with Gasteiger partial charge in [-0.05, 0) is 70.4 Å². The molecule has 0 spiro atoms. The number of benzene rings is 3. The van der Waals surface area contributed by atoms with Gasteiger partial charge in [0, 0.05) is 41.4 Å². The average molecular weight is 653 g/mol. The molecule has 3 aromatic rings. The first-order valence-electron chi connectivity index (χ1n) is 16.2. The molecule has 0 aromatic heterocycles. The van der Waals surface area contributed by atoms with Crippen molar-refractivity contribution >= 4 is 11.8 Å². The quantitative estimate of drug-likeness (QED) is 0.0739. The summed E-state index contributed by atoms with van der Waals surface area (Å²) in [5.41, 5.74) is 19.0. The number of aliphatic hydroxyl groups is 2. The molecule has 0 saturated heterocycles. The summed E-state index contributed by atoms with van der Waals surface area (Å²) < 4.78 is 12.4. The predicted octanol–water partition coefficient (Wildman–Crippen LogP) is 6.38. The molecule has 1 aliphatic heterocycles. The van der Waals surface area contributed by atoms with E-state index in [1.807, 2.05) is 48.5 Å². The molecule has 3 aromatic carbocycles. The summed E-state index contributed by atoms with van der Waals surface area (Å²) in [6.45, 7) is 0.566. The SMILES string of the molecule is [N-]=[N+]=NCc1ccccc1C[C@@]1(C(=O)NCC2(O)CCCCC2)N=C(c2ccc(OCCCO)cc2)O[C@@H]1c1ccccc1CN=[N+]=[N-]. The van der Waals surface area contributed by atoms with E-state index < -0.39 is 23.2 Å². The van der Waals surface area contributed by atoms with E-state index in [9.17, 15) is 9.90 Å². The first-order chi connectivity index (χ1) is 23.4. The zero-order valence-corrected chi connectivity index (χ0v) is 26.7. The second kappa shape index (κ2) is 16.2. The molecule has 13 nitrogen and oxygen atoms in total. The summed E-state index contributed by atoms with van der Waals surface area (Å²) in [6, 6.07) is 21.9. The highest BCUT2D eigenvalue weighted by atomic mass is 16.5. The molecule has 5 rings (SSSR count). The van der Waals surface area contributed by atoms with Gasteiger partial charge >= 0.3 is 0 Å². The number of azide groups is 2. The highest BCUT2D eigenvalue weighted by Crippen LogP contribution is 2.44. The Kier molecular flexibility index (Phi) is 11.5. The zero-order valence-electron chi connectivity index (χ0n) is 26.7. The van der Waals surface area contributed by atoms with Crippen molar-refractivity contribution in [3.8, 4) is 5.75 Å². The molecule has 2 aliphatic rings. The van der Waals surface area contributed by atoms with Gasteiger partial charge in [0.2, 0.25) is 5.90 Å². The number of amides is 1. The average Bonchev–Trinajstić information content (AvgIpc) is 3.50. The van der Waals surface area contributed by atoms with Gasteiger partial charge in [-0.2, -0.15) is 0 Å². The maximum atomic E-state index is 14.8. The third-order valence-corrected chi connectivity index (χ3v) is 8.92. The Bertz CT molecular complexity index is 1690. The highest BCUT2D eigenvalue weighted by Gasteiger charge is 2.54. The van der Waals surface area contributed by atoms with Crippen molar-refractivity contribution in [3.63, 3.8) is 0 Å². The molecule has 3 N–H and O–H groups in total. The van der Waals surface area contributed by atoms with Crippen LogP contribution in [0.1, 0.15) is 72.4 Å². The van der Waals surface area contributed by atoms with E-state index in [0.717, 1.165) is 30.4 Å². The topological polar surface area (TPSA) is 198 Å². The van der Waals surface area contributed by atoms with Crippen molar-refractivity contribution in [1.29, 1.82) is 0 Å². The van der Waals surface area contributed by atoms with E-state index in [4.69, 9.17) is 30.6 Å². The first-order valence-corrected chi connectivity index (χ1v) is 16.2. The summed E-state index contributed by atoms with van der Waals surface area (Å²) in [6.07, 6.45) is 3.61. The number of carbonyl (C=O) groups is 1. The first kappa shape index (κ1) is 34.3. The van der Waals surface area contributed by atoms with E-state index in [1.165, 1.54) is 0 Å². The third kappa shape index (κ3) is 8.07. The lowest BCUT2D eigenvalue weighted by molar-refractivity contribution is -0.130. The Labute approximate surface area is 278 Å². The normalized spacial score (nSPS) is 19.6. The zero-order chi connectivity index (χ0) is 33.8. The molecular formula is C35H40N8O5. The predicted molar refractivity (Wildman–Crippen MR) is 180 cm³/mol. The lowest BCUT2D eigenvalue weighted by Gasteiger charge is -2.35. The lowest BCUT2D eigenvalue weighted by atomic mass is 9.79. The number of ether oxygens (including phenoxy) is 2. The van der Waals surface area contributed by atoms with Gasteiger partial charge in [0.1, 0.15) is 5.75 Å². The van der Waals surface area contributed by atoms with E-state index in [1.54, 1.807) is 24.3 Å². The van der Waals surface area contributed by atoms with Crippen LogP contribution in [0.3, 0.4) is 0 Å². The molecule has 2 atom stereocenters. The van der Waals surface area contributed by atoms with Gasteiger partial charge in [0.05, 0.1) is 25.3 Å². The number of nitrogens with one attached hydrogen (secondary N) is 1. The molecule has 1 aliphatic carbocycles. The fraction of sp³-hybridized carbons (Fsp3) is 0.429. The van der Waals surface area contributed by atoms with Crippen LogP contribution < -0.4 is 10.1 Å². The van der Waals surface area contributed by atoms with E-state index >= 15 is 0 Å². The van der Waals surface area contributed by atoms with Crippen molar-refractivity contribution in [1.82, 2.24) is 5.32 Å². The van der Waals surface area contributed by atoms with E-state index in [2.05, 4.69) is 25.4 Å². The molecule has 1 saturated carbocycles. The largest absolute Gasteiger partial charge is 0.494 e. The van der Waals surface area contributed by atoms with E-state index in [-0.39, 0.29) is 38.6 Å². The van der Waals surface area contributed by atoms with Crippen LogP contribution in [0.15, 0.2) is 88.0 Å². The maximum Gasteiger partial charge on any atom is 0.252 e. The number of aliphatic hydroxyl groups excluding tert-OH is 1. The molecule has 48 heavy (non-hydrogen) atoms. The fourth-order valence-corrected chi connectivity index (χ4v) is 6.37. The standard InChI is InChI=1S/C35H40N8O5/c36-42-39-22-27-10-3-2-9-26(27)21-35(33(45)38-24-34(46)17-6-1-7-18-34)31(30-12-5-4-11-28(30)23-40-43-37)48-32(41-35)25-13-15-29(16-14-25)47-20-8-19-44/h2-5,9-16,31,44,46H,1,6-8,17-24H2,(H,38,45)/t31-,35-/m1/s1. The highest BCUT2D eigenvalue weighted by molar-refractivity contribution is 6.01. The van der Waals surface area contributed by atoms with Gasteiger partial charge in [-0.1, -0.05) is 78.0 Å². The Morgan fingerprint density at radius 2 is 1.58 bits per heavy atom. The Balaban J connectivity index is 1.63. The molecule has 1 fully saturated rings. The summed E-state index contributed by atoms with van der Waals surface area (Å²) >= 11 is 0. The number of hydrogen-bond acceptors (Lipinski definition) is 8. The van der Waals surface area contributed by atoms with Crippen LogP contribution in [0.4, 0.5) is 0 Å². The minimum atomic E-state index is -1.57. The van der Waals surface area contributed by atoms with Crippen LogP contribution in [0.25, 0.3) is 20.9 Å². The second-order valence-corrected chi connectivity index (χ2v) is 12.2. The van der Waals surface area contributed by atoms with Crippen molar-refractivity contribution in [2.75, 3.05) is 19.8 Å². The number of nitrogens with zero attached hydrogens (tertiary/aromatic N) is 7. The lowest BCUT2D eigenvalue weighted by Crippen LogP contribution is -2.54. The number of aliphatic imine (C=N–C) groups is 1. The van der Waals surface area contributed by atoms with Crippen molar-refractivity contribution in [2.24, 2.45) is 15.2 Å². The molecule has 0 unspecified atom stereocenters. The third-order valence-electron chi connectivity index (χ3n) is 8.92. The number of rotatable bonds is 15. The molecule has 1 heterocycles. The number of carbonyl (C=O) groups excluding carboxylic acids is 1. The van der Waals surface area contributed by atoms with Gasteiger partial charge in [-0.25, -0.2) is 4.99 Å². The van der Waals surface area contributed by atoms with Crippen LogP contribution in [-0.4, -0.2) is 52.9 Å². The molecular weight excluding hydrogens is 612 g/mol. The summed E-state index contributed by atoms with van der Waals surface area (Å²) in [5.74, 6) is 0.418. The Morgan fingerprint density at radius 1 is 0.938 bits per heavy atom. The van der Waals surface area contributed by atoms with Crippen LogP contribution in [0.2, 0.25) is 0 Å². The van der Waals surface area contributed by atoms with Crippen LogP contribution in [0.5, 0.6) is 5.75 Å². The fourth-order valence-electron chi connectivity index (χ4n) is 6.37. The Morgan fingerprint density at radius 3 is 2.27 bits per heavy atom. The molecule has 1 amide bonds. The van der Waals surface area contributed by atoms with Crippen LogP contribution in [-0.2, 0) is 29.0 Å².